The van der Waals surface area contributed by atoms with Gasteiger partial charge in [-0.25, -0.2) is 4.98 Å². The first-order valence-corrected chi connectivity index (χ1v) is 8.08. The highest BCUT2D eigenvalue weighted by Gasteiger charge is 2.28. The minimum atomic E-state index is -0.140. The summed E-state index contributed by atoms with van der Waals surface area (Å²) >= 11 is 0. The smallest absolute Gasteiger partial charge is 0.256 e. The summed E-state index contributed by atoms with van der Waals surface area (Å²) in [6, 6.07) is 0. The van der Waals surface area contributed by atoms with Crippen LogP contribution in [0, 0.1) is 6.92 Å². The van der Waals surface area contributed by atoms with Crippen LogP contribution in [0.4, 0.5) is 0 Å². The van der Waals surface area contributed by atoms with E-state index < -0.39 is 0 Å². The Labute approximate surface area is 125 Å². The van der Waals surface area contributed by atoms with Crippen molar-refractivity contribution >= 4 is 0 Å². The van der Waals surface area contributed by atoms with Crippen LogP contribution in [0.25, 0.3) is 0 Å². The van der Waals surface area contributed by atoms with E-state index in [1.165, 1.54) is 0 Å². The molecule has 21 heavy (non-hydrogen) atoms. The van der Waals surface area contributed by atoms with Crippen molar-refractivity contribution in [1.29, 1.82) is 0 Å². The highest BCUT2D eigenvalue weighted by Crippen LogP contribution is 2.29. The third-order valence-corrected chi connectivity index (χ3v) is 4.44. The number of aryl methyl sites for hydroxylation is 1. The number of aromatic nitrogens is 2. The molecule has 2 atom stereocenters. The van der Waals surface area contributed by atoms with Gasteiger partial charge in [-0.15, -0.1) is 0 Å². The Balaban J connectivity index is 1.88. The SMILES string of the molecule is CCc1c(C)nc2n(c1=O)CCCC2OC1CCCCO1. The minimum absolute atomic E-state index is 0.109. The highest BCUT2D eigenvalue weighted by molar-refractivity contribution is 5.19. The van der Waals surface area contributed by atoms with Gasteiger partial charge in [-0.3, -0.25) is 9.36 Å². The number of nitrogens with zero attached hydrogens (tertiary/aromatic N) is 2. The number of rotatable bonds is 3. The van der Waals surface area contributed by atoms with Crippen LogP contribution in [0.2, 0.25) is 0 Å². The van der Waals surface area contributed by atoms with E-state index in [1.807, 2.05) is 18.4 Å². The third kappa shape index (κ3) is 2.90. The molecule has 0 spiro atoms. The predicted molar refractivity (Wildman–Crippen MR) is 79.3 cm³/mol. The molecule has 5 nitrogen and oxygen atoms in total. The molecule has 2 aliphatic rings. The number of hydrogen-bond donors (Lipinski definition) is 0. The van der Waals surface area contributed by atoms with Crippen LogP contribution in [0.3, 0.4) is 0 Å². The van der Waals surface area contributed by atoms with Gasteiger partial charge in [0.25, 0.3) is 5.56 Å². The summed E-state index contributed by atoms with van der Waals surface area (Å²) in [7, 11) is 0. The second kappa shape index (κ2) is 6.28. The quantitative estimate of drug-likeness (QED) is 0.859. The first-order chi connectivity index (χ1) is 10.2. The van der Waals surface area contributed by atoms with Crippen molar-refractivity contribution in [3.05, 3.63) is 27.4 Å². The molecule has 0 saturated carbocycles. The van der Waals surface area contributed by atoms with E-state index in [2.05, 4.69) is 4.98 Å². The van der Waals surface area contributed by atoms with Crippen molar-refractivity contribution in [2.24, 2.45) is 0 Å². The van der Waals surface area contributed by atoms with E-state index in [9.17, 15) is 4.79 Å². The van der Waals surface area contributed by atoms with Crippen molar-refractivity contribution in [2.75, 3.05) is 6.61 Å². The summed E-state index contributed by atoms with van der Waals surface area (Å²) in [4.78, 5) is 17.2. The lowest BCUT2D eigenvalue weighted by atomic mass is 10.1. The maximum Gasteiger partial charge on any atom is 0.256 e. The van der Waals surface area contributed by atoms with E-state index in [1.54, 1.807) is 0 Å². The normalized spacial score (nSPS) is 25.6. The molecule has 3 heterocycles. The molecule has 5 heteroatoms. The molecule has 0 bridgehead atoms. The zero-order chi connectivity index (χ0) is 14.8. The first kappa shape index (κ1) is 14.7. The Kier molecular flexibility index (Phi) is 4.40. The summed E-state index contributed by atoms with van der Waals surface area (Å²) in [6.45, 7) is 5.44. The molecule has 1 fully saturated rings. The van der Waals surface area contributed by atoms with Gasteiger partial charge in [0.1, 0.15) is 11.9 Å². The summed E-state index contributed by atoms with van der Waals surface area (Å²) in [6.07, 6.45) is 5.54. The molecule has 0 radical (unpaired) electrons. The monoisotopic (exact) mass is 292 g/mol. The Morgan fingerprint density at radius 1 is 1.33 bits per heavy atom. The zero-order valence-electron chi connectivity index (χ0n) is 12.9. The fourth-order valence-electron chi connectivity index (χ4n) is 3.28. The zero-order valence-corrected chi connectivity index (χ0v) is 12.9. The number of ether oxygens (including phenoxy) is 2. The molecule has 2 unspecified atom stereocenters. The molecule has 1 saturated heterocycles. The third-order valence-electron chi connectivity index (χ3n) is 4.44. The maximum absolute atomic E-state index is 12.5. The Morgan fingerprint density at radius 3 is 2.90 bits per heavy atom. The Bertz CT molecular complexity index is 561. The topological polar surface area (TPSA) is 53.4 Å². The highest BCUT2D eigenvalue weighted by atomic mass is 16.7. The van der Waals surface area contributed by atoms with E-state index in [-0.39, 0.29) is 18.0 Å². The van der Waals surface area contributed by atoms with Gasteiger partial charge in [-0.2, -0.15) is 0 Å². The Hall–Kier alpha value is -1.20. The summed E-state index contributed by atoms with van der Waals surface area (Å²) in [5.74, 6) is 0.787. The van der Waals surface area contributed by atoms with Gasteiger partial charge in [-0.05, 0) is 45.4 Å². The van der Waals surface area contributed by atoms with Crippen molar-refractivity contribution in [3.63, 3.8) is 0 Å². The predicted octanol–water partition coefficient (Wildman–Crippen LogP) is 2.49. The second-order valence-electron chi connectivity index (χ2n) is 5.91. The first-order valence-electron chi connectivity index (χ1n) is 8.08. The fourth-order valence-corrected chi connectivity index (χ4v) is 3.28. The molecule has 1 aromatic rings. The second-order valence-corrected chi connectivity index (χ2v) is 5.91. The molecule has 0 N–H and O–H groups in total. The molecule has 2 aliphatic heterocycles. The molecule has 0 aromatic carbocycles. The molecule has 1 aromatic heterocycles. The average molecular weight is 292 g/mol. The lowest BCUT2D eigenvalue weighted by molar-refractivity contribution is -0.195. The minimum Gasteiger partial charge on any atom is -0.353 e. The van der Waals surface area contributed by atoms with Crippen LogP contribution in [0.1, 0.15) is 62.2 Å². The summed E-state index contributed by atoms with van der Waals surface area (Å²) in [5.41, 5.74) is 1.78. The van der Waals surface area contributed by atoms with Crippen LogP contribution < -0.4 is 5.56 Å². The van der Waals surface area contributed by atoms with E-state index >= 15 is 0 Å². The summed E-state index contributed by atoms with van der Waals surface area (Å²) < 4.78 is 13.6. The van der Waals surface area contributed by atoms with Gasteiger partial charge < -0.3 is 9.47 Å². The molecule has 0 aliphatic carbocycles. The van der Waals surface area contributed by atoms with Crippen molar-refractivity contribution in [1.82, 2.24) is 9.55 Å². The maximum atomic E-state index is 12.5. The molecule has 3 rings (SSSR count). The fraction of sp³-hybridized carbons (Fsp3) is 0.750. The van der Waals surface area contributed by atoms with Crippen molar-refractivity contribution < 1.29 is 9.47 Å². The average Bonchev–Trinajstić information content (AvgIpc) is 2.50. The largest absolute Gasteiger partial charge is 0.353 e. The van der Waals surface area contributed by atoms with Gasteiger partial charge in [0.2, 0.25) is 0 Å². The van der Waals surface area contributed by atoms with Gasteiger partial charge in [-0.1, -0.05) is 6.92 Å². The lowest BCUT2D eigenvalue weighted by Crippen LogP contribution is -2.36. The standard InChI is InChI=1S/C16H24N2O3/c1-3-12-11(2)17-15-13(7-6-9-18(15)16(12)19)21-14-8-4-5-10-20-14/h13-14H,3-10H2,1-2H3. The van der Waals surface area contributed by atoms with Crippen LogP contribution in [0.5, 0.6) is 0 Å². The van der Waals surface area contributed by atoms with Crippen LogP contribution >= 0.6 is 0 Å². The Morgan fingerprint density at radius 2 is 2.19 bits per heavy atom. The lowest BCUT2D eigenvalue weighted by Gasteiger charge is -2.31. The van der Waals surface area contributed by atoms with Crippen molar-refractivity contribution in [3.8, 4) is 0 Å². The number of hydrogen-bond acceptors (Lipinski definition) is 4. The van der Waals surface area contributed by atoms with E-state index in [0.717, 1.165) is 68.8 Å². The van der Waals surface area contributed by atoms with Gasteiger partial charge in [0.05, 0.1) is 0 Å². The van der Waals surface area contributed by atoms with E-state index in [0.29, 0.717) is 0 Å². The van der Waals surface area contributed by atoms with Crippen LogP contribution in [-0.4, -0.2) is 22.4 Å². The summed E-state index contributed by atoms with van der Waals surface area (Å²) in [5, 5.41) is 0. The van der Waals surface area contributed by atoms with Crippen LogP contribution in [-0.2, 0) is 22.4 Å². The van der Waals surface area contributed by atoms with Gasteiger partial charge in [0, 0.05) is 24.4 Å². The van der Waals surface area contributed by atoms with Gasteiger partial charge >= 0.3 is 0 Å². The molecular weight excluding hydrogens is 268 g/mol. The van der Waals surface area contributed by atoms with Gasteiger partial charge in [0.15, 0.2) is 6.29 Å². The molecule has 0 amide bonds. The number of fused-ring (bicyclic) bond motifs is 1. The molecular formula is C16H24N2O3. The van der Waals surface area contributed by atoms with E-state index in [4.69, 9.17) is 9.47 Å². The van der Waals surface area contributed by atoms with Crippen molar-refractivity contribution in [2.45, 2.75) is 71.3 Å². The molecule has 116 valence electrons. The van der Waals surface area contributed by atoms with Crippen LogP contribution in [0.15, 0.2) is 4.79 Å².